The second-order valence-corrected chi connectivity index (χ2v) is 6.20. The number of fused-ring (bicyclic) bond motifs is 1. The van der Waals surface area contributed by atoms with Crippen LogP contribution in [-0.2, 0) is 0 Å². The Morgan fingerprint density at radius 1 is 1.17 bits per heavy atom. The van der Waals surface area contributed by atoms with E-state index < -0.39 is 6.61 Å². The number of halogens is 2. The van der Waals surface area contributed by atoms with Crippen LogP contribution in [0.1, 0.15) is 28.9 Å². The number of ether oxygens (including phenoxy) is 1. The van der Waals surface area contributed by atoms with Crippen LogP contribution in [0.15, 0.2) is 53.9 Å². The molecule has 0 saturated heterocycles. The van der Waals surface area contributed by atoms with E-state index in [1.807, 2.05) is 29.6 Å². The highest BCUT2D eigenvalue weighted by molar-refractivity contribution is 7.17. The molecule has 3 rings (SSSR count). The summed E-state index contributed by atoms with van der Waals surface area (Å²) in [6.45, 7) is -1.07. The number of amides is 1. The lowest BCUT2D eigenvalue weighted by Crippen LogP contribution is -2.26. The van der Waals surface area contributed by atoms with E-state index in [0.717, 1.165) is 10.1 Å². The summed E-state index contributed by atoms with van der Waals surface area (Å²) in [5.74, 6) is -0.121. The van der Waals surface area contributed by atoms with E-state index in [4.69, 9.17) is 0 Å². The monoisotopic (exact) mass is 347 g/mol. The molecule has 0 radical (unpaired) electrons. The van der Waals surface area contributed by atoms with Gasteiger partial charge in [0.1, 0.15) is 5.75 Å². The lowest BCUT2D eigenvalue weighted by molar-refractivity contribution is -0.0499. The molecular weight excluding hydrogens is 332 g/mol. The summed E-state index contributed by atoms with van der Waals surface area (Å²) in [5.41, 5.74) is 1.31. The third-order valence-electron chi connectivity index (χ3n) is 3.66. The molecule has 1 heterocycles. The Balaban J connectivity index is 1.77. The minimum atomic E-state index is -2.87. The summed E-state index contributed by atoms with van der Waals surface area (Å²) in [4.78, 5) is 12.5. The zero-order chi connectivity index (χ0) is 17.1. The summed E-state index contributed by atoms with van der Waals surface area (Å²) in [6.07, 6.45) is 0. The summed E-state index contributed by atoms with van der Waals surface area (Å²) >= 11 is 1.51. The molecule has 3 aromatic rings. The number of carbonyl (C=O) groups is 1. The molecule has 0 aliphatic carbocycles. The van der Waals surface area contributed by atoms with Crippen LogP contribution in [0.3, 0.4) is 0 Å². The van der Waals surface area contributed by atoms with E-state index in [1.54, 1.807) is 19.1 Å². The molecule has 1 unspecified atom stereocenters. The smallest absolute Gasteiger partial charge is 0.387 e. The normalized spacial score (nSPS) is 12.3. The number of rotatable bonds is 5. The summed E-state index contributed by atoms with van der Waals surface area (Å²) < 4.78 is 30.1. The Morgan fingerprint density at radius 2 is 1.96 bits per heavy atom. The molecule has 0 saturated carbocycles. The van der Waals surface area contributed by atoms with Crippen LogP contribution < -0.4 is 10.1 Å². The number of hydrogen-bond acceptors (Lipinski definition) is 3. The maximum atomic E-state index is 12.5. The first-order valence-corrected chi connectivity index (χ1v) is 8.24. The minimum absolute atomic E-state index is 0.0737. The summed E-state index contributed by atoms with van der Waals surface area (Å²) in [5, 5.41) is 5.62. The Kier molecular flexibility index (Phi) is 4.76. The van der Waals surface area contributed by atoms with E-state index in [9.17, 15) is 13.6 Å². The number of carbonyl (C=O) groups excluding carboxylic acids is 1. The third-order valence-corrected chi connectivity index (χ3v) is 4.62. The van der Waals surface area contributed by atoms with Crippen LogP contribution in [0, 0.1) is 0 Å². The average Bonchev–Trinajstić information content (AvgIpc) is 2.98. The fourth-order valence-electron chi connectivity index (χ4n) is 2.47. The Hall–Kier alpha value is -2.47. The first-order valence-electron chi connectivity index (χ1n) is 7.36. The molecular formula is C18H15F2NO2S. The van der Waals surface area contributed by atoms with Gasteiger partial charge in [0.05, 0.1) is 11.6 Å². The molecule has 0 spiro atoms. The highest BCUT2D eigenvalue weighted by Crippen LogP contribution is 2.26. The maximum Gasteiger partial charge on any atom is 0.387 e. The van der Waals surface area contributed by atoms with Crippen molar-refractivity contribution in [2.75, 3.05) is 0 Å². The highest BCUT2D eigenvalue weighted by Gasteiger charge is 2.16. The molecule has 3 nitrogen and oxygen atoms in total. The fourth-order valence-corrected chi connectivity index (χ4v) is 3.41. The largest absolute Gasteiger partial charge is 0.435 e. The maximum absolute atomic E-state index is 12.5. The van der Waals surface area contributed by atoms with Gasteiger partial charge >= 0.3 is 6.61 Å². The van der Waals surface area contributed by atoms with Gasteiger partial charge in [-0.2, -0.15) is 8.78 Å². The lowest BCUT2D eigenvalue weighted by Gasteiger charge is -2.15. The van der Waals surface area contributed by atoms with Crippen LogP contribution in [0.5, 0.6) is 5.75 Å². The lowest BCUT2D eigenvalue weighted by atomic mass is 10.1. The second-order valence-electron chi connectivity index (χ2n) is 5.29. The van der Waals surface area contributed by atoms with E-state index in [2.05, 4.69) is 10.1 Å². The van der Waals surface area contributed by atoms with Crippen LogP contribution in [0.4, 0.5) is 8.78 Å². The molecule has 0 aliphatic heterocycles. The first-order chi connectivity index (χ1) is 11.5. The minimum Gasteiger partial charge on any atom is -0.435 e. The van der Waals surface area contributed by atoms with Gasteiger partial charge in [0.2, 0.25) is 0 Å². The molecule has 124 valence electrons. The zero-order valence-corrected chi connectivity index (χ0v) is 13.6. The Bertz CT molecular complexity index is 863. The van der Waals surface area contributed by atoms with E-state index in [0.29, 0.717) is 11.1 Å². The van der Waals surface area contributed by atoms with Gasteiger partial charge in [-0.25, -0.2) is 0 Å². The fraction of sp³-hybridized carbons (Fsp3) is 0.167. The van der Waals surface area contributed by atoms with Gasteiger partial charge in [0.25, 0.3) is 5.91 Å². The standard InChI is InChI=1S/C18H15F2NO2S/c1-11(12-5-4-6-13(9-12)23-18(19)20)21-17(22)15-10-24-16-8-3-2-7-14(15)16/h2-11,18H,1H3,(H,21,22). The summed E-state index contributed by atoms with van der Waals surface area (Å²) in [7, 11) is 0. The van der Waals surface area contributed by atoms with Crippen molar-refractivity contribution in [3.05, 3.63) is 65.0 Å². The van der Waals surface area contributed by atoms with Crippen LogP contribution in [0.2, 0.25) is 0 Å². The van der Waals surface area contributed by atoms with Crippen molar-refractivity contribution in [1.82, 2.24) is 5.32 Å². The van der Waals surface area contributed by atoms with Gasteiger partial charge in [-0.1, -0.05) is 30.3 Å². The van der Waals surface area contributed by atoms with Gasteiger partial charge in [-0.3, -0.25) is 4.79 Å². The molecule has 0 fully saturated rings. The van der Waals surface area contributed by atoms with Crippen LogP contribution in [-0.4, -0.2) is 12.5 Å². The van der Waals surface area contributed by atoms with E-state index in [1.165, 1.54) is 23.5 Å². The van der Waals surface area contributed by atoms with Gasteiger partial charge < -0.3 is 10.1 Å². The van der Waals surface area contributed by atoms with Gasteiger partial charge in [0, 0.05) is 15.5 Å². The number of nitrogens with one attached hydrogen (secondary N) is 1. The predicted molar refractivity (Wildman–Crippen MR) is 90.8 cm³/mol. The van der Waals surface area contributed by atoms with E-state index in [-0.39, 0.29) is 17.7 Å². The molecule has 1 N–H and O–H groups in total. The molecule has 6 heteroatoms. The number of alkyl halides is 2. The average molecular weight is 347 g/mol. The molecule has 1 atom stereocenters. The molecule has 1 amide bonds. The first kappa shape index (κ1) is 16.4. The quantitative estimate of drug-likeness (QED) is 0.706. The SMILES string of the molecule is CC(NC(=O)c1csc2ccccc12)c1cccc(OC(F)F)c1. The highest BCUT2D eigenvalue weighted by atomic mass is 32.1. The van der Waals surface area contributed by atoms with Crippen molar-refractivity contribution in [3.63, 3.8) is 0 Å². The van der Waals surface area contributed by atoms with Gasteiger partial charge in [-0.05, 0) is 30.7 Å². The van der Waals surface area contributed by atoms with E-state index >= 15 is 0 Å². The zero-order valence-electron chi connectivity index (χ0n) is 12.8. The molecule has 0 aliphatic rings. The van der Waals surface area contributed by atoms with Crippen molar-refractivity contribution >= 4 is 27.3 Å². The third kappa shape index (κ3) is 3.54. The van der Waals surface area contributed by atoms with Crippen molar-refractivity contribution in [3.8, 4) is 5.75 Å². The Morgan fingerprint density at radius 3 is 2.75 bits per heavy atom. The Labute approximate surface area is 141 Å². The second kappa shape index (κ2) is 6.97. The van der Waals surface area contributed by atoms with Crippen molar-refractivity contribution in [2.45, 2.75) is 19.6 Å². The van der Waals surface area contributed by atoms with Gasteiger partial charge in [0.15, 0.2) is 0 Å². The number of benzene rings is 2. The van der Waals surface area contributed by atoms with Crippen LogP contribution >= 0.6 is 11.3 Å². The molecule has 2 aromatic carbocycles. The molecule has 0 bridgehead atoms. The van der Waals surface area contributed by atoms with Crippen LogP contribution in [0.25, 0.3) is 10.1 Å². The number of hydrogen-bond donors (Lipinski definition) is 1. The van der Waals surface area contributed by atoms with Crippen molar-refractivity contribution in [1.29, 1.82) is 0 Å². The molecule has 1 aromatic heterocycles. The van der Waals surface area contributed by atoms with Gasteiger partial charge in [-0.15, -0.1) is 11.3 Å². The summed E-state index contributed by atoms with van der Waals surface area (Å²) in [6, 6.07) is 13.7. The molecule has 24 heavy (non-hydrogen) atoms. The van der Waals surface area contributed by atoms with Crippen molar-refractivity contribution < 1.29 is 18.3 Å². The topological polar surface area (TPSA) is 38.3 Å². The predicted octanol–water partition coefficient (Wildman–Crippen LogP) is 4.99. The van der Waals surface area contributed by atoms with Crippen molar-refractivity contribution in [2.24, 2.45) is 0 Å². The number of thiophene rings is 1.